The van der Waals surface area contributed by atoms with Crippen LogP contribution in [0.4, 0.5) is 17.6 Å². The van der Waals surface area contributed by atoms with Crippen molar-refractivity contribution < 1.29 is 22.7 Å². The van der Waals surface area contributed by atoms with Crippen LogP contribution < -0.4 is 0 Å². The molecule has 0 heterocycles. The topological polar surface area (TPSA) is 20.2 Å². The minimum atomic E-state index is -4.80. The molecule has 0 aromatic heterocycles. The standard InChI is InChI=1S/C15H11BrF4O/c1-8-2-4-10(12(16)6-8)14(21)9-3-5-13(17)11(7-9)15(18,19)20/h2-7,14,21H,1H3. The third kappa shape index (κ3) is 3.44. The first-order valence-electron chi connectivity index (χ1n) is 6.01. The maximum atomic E-state index is 13.3. The minimum Gasteiger partial charge on any atom is -0.384 e. The summed E-state index contributed by atoms with van der Waals surface area (Å²) in [5.41, 5.74) is -0.0520. The Labute approximate surface area is 127 Å². The fourth-order valence-electron chi connectivity index (χ4n) is 1.96. The van der Waals surface area contributed by atoms with Crippen LogP contribution in [-0.4, -0.2) is 5.11 Å². The average Bonchev–Trinajstić information content (AvgIpc) is 2.37. The van der Waals surface area contributed by atoms with E-state index in [0.717, 1.165) is 11.6 Å². The number of hydrogen-bond donors (Lipinski definition) is 1. The van der Waals surface area contributed by atoms with Crippen molar-refractivity contribution in [3.63, 3.8) is 0 Å². The lowest BCUT2D eigenvalue weighted by Gasteiger charge is -2.16. The zero-order valence-electron chi connectivity index (χ0n) is 10.9. The molecular formula is C15H11BrF4O. The van der Waals surface area contributed by atoms with Crippen molar-refractivity contribution in [2.75, 3.05) is 0 Å². The molecule has 1 nitrogen and oxygen atoms in total. The maximum absolute atomic E-state index is 13.3. The maximum Gasteiger partial charge on any atom is 0.419 e. The average molecular weight is 363 g/mol. The van der Waals surface area contributed by atoms with Crippen LogP contribution in [0.2, 0.25) is 0 Å². The van der Waals surface area contributed by atoms with Crippen molar-refractivity contribution in [2.45, 2.75) is 19.2 Å². The van der Waals surface area contributed by atoms with Crippen molar-refractivity contribution in [1.29, 1.82) is 0 Å². The normalized spacial score (nSPS) is 13.3. The second-order valence-corrected chi connectivity index (χ2v) is 5.52. The Balaban J connectivity index is 2.46. The summed E-state index contributed by atoms with van der Waals surface area (Å²) in [6, 6.07) is 7.57. The number of aliphatic hydroxyl groups excluding tert-OH is 1. The SMILES string of the molecule is Cc1ccc(C(O)c2ccc(F)c(C(F)(F)F)c2)c(Br)c1. The number of halogens is 5. The van der Waals surface area contributed by atoms with E-state index in [-0.39, 0.29) is 5.56 Å². The van der Waals surface area contributed by atoms with E-state index in [2.05, 4.69) is 15.9 Å². The van der Waals surface area contributed by atoms with E-state index in [0.29, 0.717) is 22.2 Å². The summed E-state index contributed by atoms with van der Waals surface area (Å²) in [6.45, 7) is 1.85. The molecule has 0 spiro atoms. The molecule has 0 saturated heterocycles. The number of rotatable bonds is 2. The van der Waals surface area contributed by atoms with Crippen molar-refractivity contribution in [3.05, 3.63) is 68.9 Å². The van der Waals surface area contributed by atoms with Gasteiger partial charge in [-0.1, -0.05) is 34.1 Å². The molecule has 0 saturated carbocycles. The minimum absolute atomic E-state index is 0.0201. The number of hydrogen-bond acceptors (Lipinski definition) is 1. The molecule has 6 heteroatoms. The second kappa shape index (κ2) is 5.77. The first kappa shape index (κ1) is 16.0. The number of aryl methyl sites for hydroxylation is 1. The molecule has 0 bridgehead atoms. The highest BCUT2D eigenvalue weighted by Gasteiger charge is 2.34. The molecule has 0 aliphatic heterocycles. The number of benzene rings is 2. The molecule has 2 aromatic carbocycles. The smallest absolute Gasteiger partial charge is 0.384 e. The predicted octanol–water partition coefficient (Wildman–Crippen LogP) is 5.00. The van der Waals surface area contributed by atoms with Gasteiger partial charge < -0.3 is 5.11 Å². The van der Waals surface area contributed by atoms with Gasteiger partial charge in [-0.2, -0.15) is 13.2 Å². The highest BCUT2D eigenvalue weighted by molar-refractivity contribution is 9.10. The Morgan fingerprint density at radius 2 is 1.76 bits per heavy atom. The number of aliphatic hydroxyl groups is 1. The van der Waals surface area contributed by atoms with Gasteiger partial charge in [-0.25, -0.2) is 4.39 Å². The molecule has 0 fully saturated rings. The Bertz CT molecular complexity index is 667. The van der Waals surface area contributed by atoms with Gasteiger partial charge in [0.1, 0.15) is 11.9 Å². The fraction of sp³-hybridized carbons (Fsp3) is 0.200. The molecule has 0 aliphatic carbocycles. The summed E-state index contributed by atoms with van der Waals surface area (Å²) in [4.78, 5) is 0. The molecule has 2 rings (SSSR count). The van der Waals surface area contributed by atoms with Crippen molar-refractivity contribution in [1.82, 2.24) is 0 Å². The summed E-state index contributed by atoms with van der Waals surface area (Å²) in [6.07, 6.45) is -6.08. The summed E-state index contributed by atoms with van der Waals surface area (Å²) in [5.74, 6) is -1.36. The lowest BCUT2D eigenvalue weighted by Crippen LogP contribution is -2.10. The van der Waals surface area contributed by atoms with Crippen LogP contribution in [-0.2, 0) is 6.18 Å². The van der Waals surface area contributed by atoms with Gasteiger partial charge in [-0.05, 0) is 41.8 Å². The fourth-order valence-corrected chi connectivity index (χ4v) is 2.67. The van der Waals surface area contributed by atoms with Crippen molar-refractivity contribution >= 4 is 15.9 Å². The van der Waals surface area contributed by atoms with Gasteiger partial charge >= 0.3 is 6.18 Å². The zero-order chi connectivity index (χ0) is 15.8. The van der Waals surface area contributed by atoms with E-state index in [1.807, 2.05) is 6.92 Å². The first-order chi connectivity index (χ1) is 9.70. The largest absolute Gasteiger partial charge is 0.419 e. The van der Waals surface area contributed by atoms with Crippen LogP contribution >= 0.6 is 15.9 Å². The van der Waals surface area contributed by atoms with E-state index in [9.17, 15) is 22.7 Å². The van der Waals surface area contributed by atoms with Crippen molar-refractivity contribution in [2.24, 2.45) is 0 Å². The van der Waals surface area contributed by atoms with Gasteiger partial charge in [0.05, 0.1) is 5.56 Å². The van der Waals surface area contributed by atoms with Crippen LogP contribution in [0, 0.1) is 12.7 Å². The molecule has 1 N–H and O–H groups in total. The van der Waals surface area contributed by atoms with E-state index in [1.54, 1.807) is 18.2 Å². The van der Waals surface area contributed by atoms with Gasteiger partial charge in [0.15, 0.2) is 0 Å². The Morgan fingerprint density at radius 1 is 1.10 bits per heavy atom. The molecular weight excluding hydrogens is 352 g/mol. The van der Waals surface area contributed by atoms with Crippen molar-refractivity contribution in [3.8, 4) is 0 Å². The van der Waals surface area contributed by atoms with Gasteiger partial charge in [0, 0.05) is 4.47 Å². The molecule has 21 heavy (non-hydrogen) atoms. The van der Waals surface area contributed by atoms with Gasteiger partial charge in [-0.15, -0.1) is 0 Å². The lowest BCUT2D eigenvalue weighted by molar-refractivity contribution is -0.140. The van der Waals surface area contributed by atoms with Gasteiger partial charge in [0.2, 0.25) is 0 Å². The monoisotopic (exact) mass is 362 g/mol. The second-order valence-electron chi connectivity index (χ2n) is 4.66. The van der Waals surface area contributed by atoms with Gasteiger partial charge in [-0.3, -0.25) is 0 Å². The lowest BCUT2D eigenvalue weighted by atomic mass is 9.98. The van der Waals surface area contributed by atoms with Crippen LogP contribution in [0.15, 0.2) is 40.9 Å². The van der Waals surface area contributed by atoms with Gasteiger partial charge in [0.25, 0.3) is 0 Å². The summed E-state index contributed by atoms with van der Waals surface area (Å²) in [5, 5.41) is 10.2. The summed E-state index contributed by atoms with van der Waals surface area (Å²) in [7, 11) is 0. The summed E-state index contributed by atoms with van der Waals surface area (Å²) < 4.78 is 51.9. The van der Waals surface area contributed by atoms with Crippen LogP contribution in [0.3, 0.4) is 0 Å². The van der Waals surface area contributed by atoms with E-state index in [1.165, 1.54) is 0 Å². The van der Waals surface area contributed by atoms with E-state index >= 15 is 0 Å². The van der Waals surface area contributed by atoms with E-state index < -0.39 is 23.7 Å². The quantitative estimate of drug-likeness (QED) is 0.745. The molecule has 112 valence electrons. The molecule has 1 atom stereocenters. The Morgan fingerprint density at radius 3 is 2.33 bits per heavy atom. The number of alkyl halides is 3. The predicted molar refractivity (Wildman–Crippen MR) is 74.3 cm³/mol. The Hall–Kier alpha value is -1.40. The highest BCUT2D eigenvalue weighted by Crippen LogP contribution is 2.35. The molecule has 2 aromatic rings. The molecule has 0 radical (unpaired) electrons. The third-order valence-corrected chi connectivity index (χ3v) is 3.75. The highest BCUT2D eigenvalue weighted by atomic mass is 79.9. The van der Waals surface area contributed by atoms with Crippen LogP contribution in [0.25, 0.3) is 0 Å². The Kier molecular flexibility index (Phi) is 4.39. The third-order valence-electron chi connectivity index (χ3n) is 3.06. The molecule has 0 aliphatic rings. The molecule has 0 amide bonds. The zero-order valence-corrected chi connectivity index (χ0v) is 12.5. The first-order valence-corrected chi connectivity index (χ1v) is 6.80. The molecule has 1 unspecified atom stereocenters. The van der Waals surface area contributed by atoms with Crippen LogP contribution in [0.5, 0.6) is 0 Å². The summed E-state index contributed by atoms with van der Waals surface area (Å²) >= 11 is 3.26. The van der Waals surface area contributed by atoms with E-state index in [4.69, 9.17) is 0 Å². The van der Waals surface area contributed by atoms with Crippen LogP contribution in [0.1, 0.15) is 28.4 Å².